The standard InChI is InChI=1S/C13H15F3N2O3/c1-18(7-6-13(14,15)16)12(21)17-10-5-3-2-4-9(10)8-11(19)20/h2-5H,6-8H2,1H3,(H,17,21)(H,19,20). The largest absolute Gasteiger partial charge is 0.481 e. The number of carbonyl (C=O) groups is 2. The summed E-state index contributed by atoms with van der Waals surface area (Å²) in [6, 6.07) is 5.50. The van der Waals surface area contributed by atoms with Gasteiger partial charge in [-0.3, -0.25) is 4.79 Å². The monoisotopic (exact) mass is 304 g/mol. The second kappa shape index (κ2) is 6.96. The number of nitrogens with one attached hydrogen (secondary N) is 1. The Labute approximate surface area is 119 Å². The zero-order valence-corrected chi connectivity index (χ0v) is 11.3. The number of urea groups is 1. The van der Waals surface area contributed by atoms with Gasteiger partial charge in [0, 0.05) is 19.3 Å². The zero-order chi connectivity index (χ0) is 16.0. The smallest absolute Gasteiger partial charge is 0.390 e. The average molecular weight is 304 g/mol. The summed E-state index contributed by atoms with van der Waals surface area (Å²) in [5, 5.41) is 11.2. The van der Waals surface area contributed by atoms with E-state index in [9.17, 15) is 22.8 Å². The molecule has 0 aromatic heterocycles. The molecule has 0 fully saturated rings. The minimum atomic E-state index is -4.34. The molecule has 1 aromatic rings. The summed E-state index contributed by atoms with van der Waals surface area (Å²) in [6.45, 7) is -0.476. The molecule has 0 radical (unpaired) electrons. The summed E-state index contributed by atoms with van der Waals surface area (Å²) in [4.78, 5) is 23.4. The molecule has 0 spiro atoms. The van der Waals surface area contributed by atoms with Gasteiger partial charge in [-0.1, -0.05) is 18.2 Å². The van der Waals surface area contributed by atoms with Crippen LogP contribution in [-0.4, -0.2) is 41.8 Å². The highest BCUT2D eigenvalue weighted by molar-refractivity contribution is 5.90. The van der Waals surface area contributed by atoms with Gasteiger partial charge < -0.3 is 15.3 Å². The van der Waals surface area contributed by atoms with Gasteiger partial charge in [0.15, 0.2) is 0 Å². The Bertz CT molecular complexity index is 518. The third kappa shape index (κ3) is 6.15. The zero-order valence-electron chi connectivity index (χ0n) is 11.3. The van der Waals surface area contributed by atoms with E-state index >= 15 is 0 Å². The van der Waals surface area contributed by atoms with E-state index in [1.165, 1.54) is 19.2 Å². The normalized spacial score (nSPS) is 11.0. The number of aliphatic carboxylic acids is 1. The van der Waals surface area contributed by atoms with Gasteiger partial charge in [-0.05, 0) is 11.6 Å². The molecule has 1 aromatic carbocycles. The molecular formula is C13H15F3N2O3. The van der Waals surface area contributed by atoms with Crippen LogP contribution in [-0.2, 0) is 11.2 Å². The lowest BCUT2D eigenvalue weighted by molar-refractivity contribution is -0.137. The average Bonchev–Trinajstić information content (AvgIpc) is 2.36. The van der Waals surface area contributed by atoms with E-state index in [4.69, 9.17) is 5.11 Å². The highest BCUT2D eigenvalue weighted by Gasteiger charge is 2.28. The van der Waals surface area contributed by atoms with Crippen LogP contribution in [0.1, 0.15) is 12.0 Å². The van der Waals surface area contributed by atoms with E-state index in [0.717, 1.165) is 4.90 Å². The first kappa shape index (κ1) is 16.8. The number of carboxylic acids is 1. The molecule has 21 heavy (non-hydrogen) atoms. The van der Waals surface area contributed by atoms with E-state index in [2.05, 4.69) is 5.32 Å². The van der Waals surface area contributed by atoms with E-state index in [-0.39, 0.29) is 12.1 Å². The van der Waals surface area contributed by atoms with Crippen LogP contribution in [0.15, 0.2) is 24.3 Å². The van der Waals surface area contributed by atoms with Crippen molar-refractivity contribution in [3.05, 3.63) is 29.8 Å². The number of nitrogens with zero attached hydrogens (tertiary/aromatic N) is 1. The van der Waals surface area contributed by atoms with Crippen molar-refractivity contribution < 1.29 is 27.9 Å². The third-order valence-electron chi connectivity index (χ3n) is 2.68. The third-order valence-corrected chi connectivity index (χ3v) is 2.68. The van der Waals surface area contributed by atoms with Gasteiger partial charge >= 0.3 is 18.2 Å². The molecule has 0 unspecified atom stereocenters. The van der Waals surface area contributed by atoms with Gasteiger partial charge in [-0.15, -0.1) is 0 Å². The van der Waals surface area contributed by atoms with Crippen LogP contribution in [0.2, 0.25) is 0 Å². The highest BCUT2D eigenvalue weighted by atomic mass is 19.4. The minimum absolute atomic E-state index is 0.267. The summed E-state index contributed by atoms with van der Waals surface area (Å²) < 4.78 is 36.3. The fraction of sp³-hybridized carbons (Fsp3) is 0.385. The fourth-order valence-corrected chi connectivity index (χ4v) is 1.57. The number of para-hydroxylation sites is 1. The molecule has 0 atom stereocenters. The van der Waals surface area contributed by atoms with E-state index < -0.39 is 31.1 Å². The molecule has 0 bridgehead atoms. The van der Waals surface area contributed by atoms with Crippen LogP contribution >= 0.6 is 0 Å². The molecule has 1 rings (SSSR count). The molecule has 0 aliphatic carbocycles. The van der Waals surface area contributed by atoms with Crippen LogP contribution in [0, 0.1) is 0 Å². The van der Waals surface area contributed by atoms with Crippen molar-refractivity contribution in [3.63, 3.8) is 0 Å². The Balaban J connectivity index is 2.68. The molecule has 116 valence electrons. The molecule has 0 saturated carbocycles. The first-order valence-electron chi connectivity index (χ1n) is 6.07. The van der Waals surface area contributed by atoms with Gasteiger partial charge in [0.25, 0.3) is 0 Å². The molecule has 8 heteroatoms. The number of hydrogen-bond donors (Lipinski definition) is 2. The van der Waals surface area contributed by atoms with Crippen molar-refractivity contribution in [2.24, 2.45) is 0 Å². The van der Waals surface area contributed by atoms with Gasteiger partial charge in [-0.2, -0.15) is 13.2 Å². The summed E-state index contributed by atoms with van der Waals surface area (Å²) in [6.07, 6.45) is -5.73. The number of alkyl halides is 3. The Hall–Kier alpha value is -2.25. The first-order valence-corrected chi connectivity index (χ1v) is 6.07. The van der Waals surface area contributed by atoms with Crippen LogP contribution in [0.5, 0.6) is 0 Å². The summed E-state index contributed by atoms with van der Waals surface area (Å²) in [5.74, 6) is -1.07. The number of anilines is 1. The lowest BCUT2D eigenvalue weighted by atomic mass is 10.1. The minimum Gasteiger partial charge on any atom is -0.481 e. The Morgan fingerprint density at radius 1 is 1.29 bits per heavy atom. The number of amides is 2. The second-order valence-corrected chi connectivity index (χ2v) is 4.44. The van der Waals surface area contributed by atoms with Crippen molar-refractivity contribution in [1.82, 2.24) is 4.90 Å². The number of carbonyl (C=O) groups excluding carboxylic acids is 1. The maximum absolute atomic E-state index is 12.1. The fourth-order valence-electron chi connectivity index (χ4n) is 1.57. The first-order chi connectivity index (χ1) is 9.69. The van der Waals surface area contributed by atoms with E-state index in [0.29, 0.717) is 5.56 Å². The molecule has 5 nitrogen and oxygen atoms in total. The van der Waals surface area contributed by atoms with E-state index in [1.54, 1.807) is 12.1 Å². The lowest BCUT2D eigenvalue weighted by Gasteiger charge is -2.19. The lowest BCUT2D eigenvalue weighted by Crippen LogP contribution is -2.34. The summed E-state index contributed by atoms with van der Waals surface area (Å²) in [7, 11) is 1.24. The topological polar surface area (TPSA) is 69.6 Å². The number of benzene rings is 1. The van der Waals surface area contributed by atoms with Crippen LogP contribution < -0.4 is 5.32 Å². The predicted octanol–water partition coefficient (Wildman–Crippen LogP) is 2.73. The van der Waals surface area contributed by atoms with E-state index in [1.807, 2.05) is 0 Å². The quantitative estimate of drug-likeness (QED) is 0.878. The van der Waals surface area contributed by atoms with Crippen molar-refractivity contribution in [3.8, 4) is 0 Å². The Morgan fingerprint density at radius 3 is 2.48 bits per heavy atom. The number of hydrogen-bond acceptors (Lipinski definition) is 2. The SMILES string of the molecule is CN(CCC(F)(F)F)C(=O)Nc1ccccc1CC(=O)O. The number of carboxylic acid groups (broad SMARTS) is 1. The van der Waals surface area contributed by atoms with Crippen LogP contribution in [0.3, 0.4) is 0 Å². The number of rotatable bonds is 5. The van der Waals surface area contributed by atoms with Crippen molar-refractivity contribution in [2.75, 3.05) is 18.9 Å². The van der Waals surface area contributed by atoms with Crippen molar-refractivity contribution in [2.45, 2.75) is 19.0 Å². The second-order valence-electron chi connectivity index (χ2n) is 4.44. The molecule has 2 amide bonds. The maximum atomic E-state index is 12.1. The Kier molecular flexibility index (Phi) is 5.57. The highest BCUT2D eigenvalue weighted by Crippen LogP contribution is 2.20. The molecule has 0 aliphatic heterocycles. The van der Waals surface area contributed by atoms with Gasteiger partial charge in [0.1, 0.15) is 0 Å². The molecule has 0 saturated heterocycles. The van der Waals surface area contributed by atoms with Gasteiger partial charge in [0.05, 0.1) is 12.8 Å². The van der Waals surface area contributed by atoms with Gasteiger partial charge in [-0.25, -0.2) is 4.79 Å². The van der Waals surface area contributed by atoms with Gasteiger partial charge in [0.2, 0.25) is 0 Å². The summed E-state index contributed by atoms with van der Waals surface area (Å²) in [5.41, 5.74) is 0.645. The molecule has 0 heterocycles. The summed E-state index contributed by atoms with van der Waals surface area (Å²) >= 11 is 0. The maximum Gasteiger partial charge on any atom is 0.390 e. The molecule has 0 aliphatic rings. The molecule has 2 N–H and O–H groups in total. The Morgan fingerprint density at radius 2 is 1.90 bits per heavy atom. The van der Waals surface area contributed by atoms with Crippen LogP contribution in [0.25, 0.3) is 0 Å². The van der Waals surface area contributed by atoms with Crippen LogP contribution in [0.4, 0.5) is 23.7 Å². The van der Waals surface area contributed by atoms with Crippen molar-refractivity contribution >= 4 is 17.7 Å². The molecular weight excluding hydrogens is 289 g/mol. The predicted molar refractivity (Wildman–Crippen MR) is 70.1 cm³/mol. The number of halogens is 3. The van der Waals surface area contributed by atoms with Crippen molar-refractivity contribution in [1.29, 1.82) is 0 Å².